The first-order chi connectivity index (χ1) is 4.75. The van der Waals surface area contributed by atoms with Crippen LogP contribution >= 0.6 is 0 Å². The molecule has 0 aliphatic carbocycles. The van der Waals surface area contributed by atoms with Crippen molar-refractivity contribution in [2.24, 2.45) is 7.05 Å². The molecular weight excluding hydrogens is 208 g/mol. The highest BCUT2D eigenvalue weighted by atomic mass is 79.9. The van der Waals surface area contributed by atoms with Crippen LogP contribution in [0.1, 0.15) is 19.2 Å². The van der Waals surface area contributed by atoms with Gasteiger partial charge in [-0.1, -0.05) is 6.92 Å². The molecule has 1 aromatic heterocycles. The van der Waals surface area contributed by atoms with Crippen LogP contribution in [0.15, 0.2) is 6.20 Å². The van der Waals surface area contributed by atoms with Gasteiger partial charge in [0.05, 0.1) is 7.05 Å². The van der Waals surface area contributed by atoms with Crippen molar-refractivity contribution in [3.63, 3.8) is 0 Å². The van der Waals surface area contributed by atoms with Crippen LogP contribution in [-0.4, -0.2) is 10.1 Å². The summed E-state index contributed by atoms with van der Waals surface area (Å²) >= 11 is 0. The first-order valence-electron chi connectivity index (χ1n) is 3.51. The second-order valence-electron chi connectivity index (χ2n) is 2.40. The first kappa shape index (κ1) is 10.5. The molecule has 0 amide bonds. The molecule has 1 rings (SSSR count). The van der Waals surface area contributed by atoms with Gasteiger partial charge in [0.1, 0.15) is 0 Å². The van der Waals surface area contributed by atoms with E-state index in [4.69, 9.17) is 5.11 Å². The molecule has 0 spiro atoms. The maximum absolute atomic E-state index is 9.10. The van der Waals surface area contributed by atoms with E-state index in [-0.39, 0.29) is 17.0 Å². The zero-order chi connectivity index (χ0) is 7.56. The molecule has 0 aliphatic heterocycles. The van der Waals surface area contributed by atoms with Crippen molar-refractivity contribution in [2.45, 2.75) is 19.8 Å². The van der Waals surface area contributed by atoms with Gasteiger partial charge in [0.15, 0.2) is 6.20 Å². The third kappa shape index (κ3) is 2.22. The van der Waals surface area contributed by atoms with Crippen molar-refractivity contribution in [3.8, 4) is 5.88 Å². The molecule has 0 radical (unpaired) electrons. The Labute approximate surface area is 76.8 Å². The Balaban J connectivity index is 0.000001000. The number of halogens is 1. The molecule has 1 heterocycles. The van der Waals surface area contributed by atoms with E-state index in [1.54, 1.807) is 10.8 Å². The smallest absolute Gasteiger partial charge is 0.321 e. The average Bonchev–Trinajstić information content (AvgIpc) is 2.20. The number of hydrogen-bond acceptors (Lipinski definition) is 1. The predicted molar refractivity (Wildman–Crippen MR) is 37.6 cm³/mol. The van der Waals surface area contributed by atoms with E-state index >= 15 is 0 Å². The topological polar surface area (TPSA) is 39.9 Å². The number of aromatic hydroxyl groups is 1. The van der Waals surface area contributed by atoms with Gasteiger partial charge < -0.3 is 22.1 Å². The number of aryl methyl sites for hydroxylation is 1. The van der Waals surface area contributed by atoms with E-state index in [1.807, 2.05) is 7.05 Å². The lowest BCUT2D eigenvalue weighted by atomic mass is 10.3. The maximum Gasteiger partial charge on any atom is 0.321 e. The SMILES string of the molecule is CCCc1[nH]cc(O)[n+]1C.[Br-]. The molecule has 0 atom stereocenters. The highest BCUT2D eigenvalue weighted by molar-refractivity contribution is 4.93. The van der Waals surface area contributed by atoms with Crippen LogP contribution < -0.4 is 21.5 Å². The van der Waals surface area contributed by atoms with Gasteiger partial charge >= 0.3 is 5.88 Å². The number of nitrogens with zero attached hydrogens (tertiary/aromatic N) is 1. The zero-order valence-electron chi connectivity index (χ0n) is 6.76. The summed E-state index contributed by atoms with van der Waals surface area (Å²) < 4.78 is 1.75. The molecule has 64 valence electrons. The normalized spacial score (nSPS) is 9.27. The van der Waals surface area contributed by atoms with Crippen molar-refractivity contribution in [3.05, 3.63) is 12.0 Å². The number of nitrogens with one attached hydrogen (secondary N) is 1. The number of imidazole rings is 1. The van der Waals surface area contributed by atoms with Gasteiger partial charge in [-0.25, -0.2) is 9.55 Å². The standard InChI is InChI=1S/C7H12N2O.BrH/c1-3-4-6-8-5-7(10)9(6)2;/h5,10H,3-4H2,1-2H3;1H. The highest BCUT2D eigenvalue weighted by Gasteiger charge is 2.10. The summed E-state index contributed by atoms with van der Waals surface area (Å²) in [7, 11) is 1.84. The summed E-state index contributed by atoms with van der Waals surface area (Å²) in [4.78, 5) is 2.99. The van der Waals surface area contributed by atoms with Crippen molar-refractivity contribution in [1.82, 2.24) is 4.98 Å². The van der Waals surface area contributed by atoms with E-state index in [2.05, 4.69) is 11.9 Å². The molecule has 11 heavy (non-hydrogen) atoms. The van der Waals surface area contributed by atoms with Crippen LogP contribution in [0.25, 0.3) is 0 Å². The van der Waals surface area contributed by atoms with Crippen molar-refractivity contribution in [2.75, 3.05) is 0 Å². The molecular formula is C7H13BrN2O. The second-order valence-corrected chi connectivity index (χ2v) is 2.40. The molecule has 0 fully saturated rings. The molecule has 0 saturated heterocycles. The van der Waals surface area contributed by atoms with E-state index in [0.717, 1.165) is 18.7 Å². The lowest BCUT2D eigenvalue weighted by molar-refractivity contribution is -0.683. The molecule has 2 N–H and O–H groups in total. The minimum absolute atomic E-state index is 0. The summed E-state index contributed by atoms with van der Waals surface area (Å²) in [5.41, 5.74) is 0. The Kier molecular flexibility index (Phi) is 4.18. The molecule has 4 heteroatoms. The van der Waals surface area contributed by atoms with Gasteiger partial charge in [-0.15, -0.1) is 0 Å². The quantitative estimate of drug-likeness (QED) is 0.532. The Morgan fingerprint density at radius 1 is 1.64 bits per heavy atom. The Bertz CT molecular complexity index is 222. The molecule has 0 bridgehead atoms. The summed E-state index contributed by atoms with van der Waals surface area (Å²) in [6, 6.07) is 0. The average molecular weight is 221 g/mol. The molecule has 0 unspecified atom stereocenters. The summed E-state index contributed by atoms with van der Waals surface area (Å²) in [5, 5.41) is 9.10. The number of hydrogen-bond donors (Lipinski definition) is 2. The second kappa shape index (κ2) is 4.38. The fraction of sp³-hybridized carbons (Fsp3) is 0.571. The van der Waals surface area contributed by atoms with Crippen LogP contribution in [0, 0.1) is 0 Å². The lowest BCUT2D eigenvalue weighted by Gasteiger charge is -1.89. The van der Waals surface area contributed by atoms with E-state index in [9.17, 15) is 0 Å². The number of rotatable bonds is 2. The lowest BCUT2D eigenvalue weighted by Crippen LogP contribution is -3.00. The summed E-state index contributed by atoms with van der Waals surface area (Å²) in [5.74, 6) is 1.36. The van der Waals surface area contributed by atoms with Gasteiger partial charge in [0.2, 0.25) is 0 Å². The largest absolute Gasteiger partial charge is 1.00 e. The van der Waals surface area contributed by atoms with Crippen LogP contribution in [0.2, 0.25) is 0 Å². The van der Waals surface area contributed by atoms with Gasteiger partial charge in [0, 0.05) is 6.42 Å². The van der Waals surface area contributed by atoms with Crippen molar-refractivity contribution in [1.29, 1.82) is 0 Å². The fourth-order valence-electron chi connectivity index (χ4n) is 0.956. The minimum Gasteiger partial charge on any atom is -1.00 e. The molecule has 1 aromatic rings. The number of aromatic nitrogens is 2. The maximum atomic E-state index is 9.10. The van der Waals surface area contributed by atoms with Gasteiger partial charge in [-0.3, -0.25) is 0 Å². The monoisotopic (exact) mass is 220 g/mol. The highest BCUT2D eigenvalue weighted by Crippen LogP contribution is 2.00. The fourth-order valence-corrected chi connectivity index (χ4v) is 0.956. The third-order valence-electron chi connectivity index (χ3n) is 1.60. The van der Waals surface area contributed by atoms with Crippen molar-refractivity contribution < 1.29 is 26.7 Å². The van der Waals surface area contributed by atoms with E-state index in [1.165, 1.54) is 0 Å². The van der Waals surface area contributed by atoms with E-state index < -0.39 is 0 Å². The van der Waals surface area contributed by atoms with E-state index in [0.29, 0.717) is 5.88 Å². The Morgan fingerprint density at radius 3 is 2.64 bits per heavy atom. The summed E-state index contributed by atoms with van der Waals surface area (Å²) in [6.45, 7) is 2.11. The van der Waals surface area contributed by atoms with Crippen LogP contribution in [-0.2, 0) is 13.5 Å². The van der Waals surface area contributed by atoms with Gasteiger partial charge in [0.25, 0.3) is 5.82 Å². The van der Waals surface area contributed by atoms with Crippen molar-refractivity contribution >= 4 is 0 Å². The molecule has 0 aliphatic rings. The predicted octanol–water partition coefficient (Wildman–Crippen LogP) is -2.50. The van der Waals surface area contributed by atoms with Crippen LogP contribution in [0.5, 0.6) is 5.88 Å². The number of H-pyrrole nitrogens is 1. The Morgan fingerprint density at radius 2 is 2.27 bits per heavy atom. The summed E-state index contributed by atoms with van der Waals surface area (Å²) in [6.07, 6.45) is 3.68. The third-order valence-corrected chi connectivity index (χ3v) is 1.60. The van der Waals surface area contributed by atoms with Crippen LogP contribution in [0.3, 0.4) is 0 Å². The van der Waals surface area contributed by atoms with Crippen LogP contribution in [0.4, 0.5) is 0 Å². The van der Waals surface area contributed by atoms with Gasteiger partial charge in [-0.05, 0) is 6.42 Å². The van der Waals surface area contributed by atoms with Gasteiger partial charge in [-0.2, -0.15) is 0 Å². The first-order valence-corrected chi connectivity index (χ1v) is 3.51. The Hall–Kier alpha value is -0.510. The zero-order valence-corrected chi connectivity index (χ0v) is 8.35. The molecule has 3 nitrogen and oxygen atoms in total. The molecule has 0 saturated carbocycles. The molecule has 0 aromatic carbocycles. The minimum atomic E-state index is 0. The number of aromatic amines is 1.